The van der Waals surface area contributed by atoms with E-state index in [1.807, 2.05) is 6.92 Å². The highest BCUT2D eigenvalue weighted by Gasteiger charge is 2.00. The van der Waals surface area contributed by atoms with Crippen LogP contribution < -0.4 is 0 Å². The molecule has 0 aromatic heterocycles. The molecule has 4 nitrogen and oxygen atoms in total. The normalized spacial score (nSPS) is 15.5. The molecule has 4 heteroatoms. The minimum Gasteiger partial charge on any atom is -0.393 e. The maximum absolute atomic E-state index is 8.83. The van der Waals surface area contributed by atoms with E-state index in [2.05, 4.69) is 10.0 Å². The zero-order valence-electron chi connectivity index (χ0n) is 6.36. The molecule has 0 radical (unpaired) electrons. The second kappa shape index (κ2) is 5.09. The first-order valence-corrected chi connectivity index (χ1v) is 3.39. The largest absolute Gasteiger partial charge is 0.393 e. The smallest absolute Gasteiger partial charge is 0.0512 e. The number of aliphatic hydroxyl groups is 1. The van der Waals surface area contributed by atoms with Crippen molar-refractivity contribution in [2.45, 2.75) is 38.8 Å². The molecule has 0 bridgehead atoms. The van der Waals surface area contributed by atoms with Crippen LogP contribution in [0.2, 0.25) is 0 Å². The molecule has 0 rings (SSSR count). The summed E-state index contributed by atoms with van der Waals surface area (Å²) in [6.45, 7) is 3.56. The van der Waals surface area contributed by atoms with Crippen LogP contribution >= 0.6 is 0 Å². The maximum Gasteiger partial charge on any atom is 0.0512 e. The molecule has 0 saturated heterocycles. The standard InChI is InChI=1S/C6H13N3O/c1-5(8-9-7)3-4-6(2)10/h5-6,10H,3-4H2,1-2H3. The van der Waals surface area contributed by atoms with Gasteiger partial charge in [-0.2, -0.15) is 0 Å². The lowest BCUT2D eigenvalue weighted by atomic mass is 10.1. The van der Waals surface area contributed by atoms with E-state index < -0.39 is 0 Å². The number of aliphatic hydroxyl groups excluding tert-OH is 1. The second-order valence-electron chi connectivity index (χ2n) is 2.48. The predicted octanol–water partition coefficient (Wildman–Crippen LogP) is 1.85. The number of nitrogens with zero attached hydrogens (tertiary/aromatic N) is 3. The fourth-order valence-electron chi connectivity index (χ4n) is 0.628. The van der Waals surface area contributed by atoms with Crippen LogP contribution in [0.5, 0.6) is 0 Å². The van der Waals surface area contributed by atoms with Gasteiger partial charge in [-0.3, -0.25) is 0 Å². The molecular weight excluding hydrogens is 130 g/mol. The zero-order valence-corrected chi connectivity index (χ0v) is 6.36. The van der Waals surface area contributed by atoms with Gasteiger partial charge in [-0.25, -0.2) is 0 Å². The van der Waals surface area contributed by atoms with Crippen LogP contribution in [0.1, 0.15) is 26.7 Å². The molecular formula is C6H13N3O. The Bertz CT molecular complexity index is 129. The van der Waals surface area contributed by atoms with E-state index in [1.54, 1.807) is 6.92 Å². The van der Waals surface area contributed by atoms with Gasteiger partial charge in [0.1, 0.15) is 0 Å². The van der Waals surface area contributed by atoms with E-state index in [9.17, 15) is 0 Å². The lowest BCUT2D eigenvalue weighted by Gasteiger charge is -2.05. The number of hydrogen-bond donors (Lipinski definition) is 1. The van der Waals surface area contributed by atoms with Crippen LogP contribution in [-0.4, -0.2) is 17.3 Å². The lowest BCUT2D eigenvalue weighted by molar-refractivity contribution is 0.179. The van der Waals surface area contributed by atoms with Gasteiger partial charge in [0.15, 0.2) is 0 Å². The van der Waals surface area contributed by atoms with Crippen molar-refractivity contribution in [2.24, 2.45) is 5.11 Å². The van der Waals surface area contributed by atoms with Crippen molar-refractivity contribution in [3.63, 3.8) is 0 Å². The van der Waals surface area contributed by atoms with Gasteiger partial charge in [-0.1, -0.05) is 12.0 Å². The fraction of sp³-hybridized carbons (Fsp3) is 1.00. The van der Waals surface area contributed by atoms with E-state index in [4.69, 9.17) is 10.6 Å². The minimum absolute atomic E-state index is 0.000370. The average Bonchev–Trinajstić information content (AvgIpc) is 1.85. The summed E-state index contributed by atoms with van der Waals surface area (Å²) in [6, 6.07) is -0.000370. The molecule has 2 atom stereocenters. The van der Waals surface area contributed by atoms with E-state index in [1.165, 1.54) is 0 Å². The highest BCUT2D eigenvalue weighted by Crippen LogP contribution is 2.03. The Kier molecular flexibility index (Phi) is 4.72. The van der Waals surface area contributed by atoms with Crippen molar-refractivity contribution in [1.29, 1.82) is 0 Å². The van der Waals surface area contributed by atoms with Crippen LogP contribution in [0.15, 0.2) is 5.11 Å². The van der Waals surface area contributed by atoms with Gasteiger partial charge >= 0.3 is 0 Å². The first-order chi connectivity index (χ1) is 4.66. The van der Waals surface area contributed by atoms with Crippen LogP contribution in [0.4, 0.5) is 0 Å². The van der Waals surface area contributed by atoms with Crippen LogP contribution in [0, 0.1) is 0 Å². The van der Waals surface area contributed by atoms with E-state index >= 15 is 0 Å². The quantitative estimate of drug-likeness (QED) is 0.364. The summed E-state index contributed by atoms with van der Waals surface area (Å²) in [4.78, 5) is 2.66. The molecule has 0 amide bonds. The summed E-state index contributed by atoms with van der Waals surface area (Å²) < 4.78 is 0. The molecule has 0 aliphatic rings. The summed E-state index contributed by atoms with van der Waals surface area (Å²) in [5.74, 6) is 0. The summed E-state index contributed by atoms with van der Waals surface area (Å²) in [5, 5.41) is 12.3. The second-order valence-corrected chi connectivity index (χ2v) is 2.48. The van der Waals surface area contributed by atoms with Crippen molar-refractivity contribution < 1.29 is 5.11 Å². The van der Waals surface area contributed by atoms with Gasteiger partial charge in [0.2, 0.25) is 0 Å². The van der Waals surface area contributed by atoms with E-state index in [-0.39, 0.29) is 12.1 Å². The summed E-state index contributed by atoms with van der Waals surface area (Å²) in [6.07, 6.45) is 1.15. The summed E-state index contributed by atoms with van der Waals surface area (Å²) >= 11 is 0. The Balaban J connectivity index is 3.39. The van der Waals surface area contributed by atoms with Gasteiger partial charge in [0, 0.05) is 11.0 Å². The molecule has 0 saturated carbocycles. The molecule has 0 fully saturated rings. The highest BCUT2D eigenvalue weighted by atomic mass is 16.3. The minimum atomic E-state index is -0.295. The molecule has 58 valence electrons. The van der Waals surface area contributed by atoms with Crippen LogP contribution in [0.3, 0.4) is 0 Å². The SMILES string of the molecule is CC(O)CCC(C)N=[N+]=[N-]. The Morgan fingerprint density at radius 1 is 1.50 bits per heavy atom. The number of rotatable bonds is 4. The third-order valence-electron chi connectivity index (χ3n) is 1.25. The van der Waals surface area contributed by atoms with Crippen molar-refractivity contribution in [2.75, 3.05) is 0 Å². The molecule has 0 spiro atoms. The maximum atomic E-state index is 8.83. The Labute approximate surface area is 60.5 Å². The number of hydrogen-bond acceptors (Lipinski definition) is 2. The molecule has 0 aliphatic carbocycles. The zero-order chi connectivity index (χ0) is 7.98. The first kappa shape index (κ1) is 9.27. The Morgan fingerprint density at radius 3 is 2.50 bits per heavy atom. The highest BCUT2D eigenvalue weighted by molar-refractivity contribution is 4.61. The molecule has 0 aromatic carbocycles. The molecule has 0 aliphatic heterocycles. The first-order valence-electron chi connectivity index (χ1n) is 3.39. The topological polar surface area (TPSA) is 69.0 Å². The van der Waals surface area contributed by atoms with Gasteiger partial charge in [0.05, 0.1) is 6.10 Å². The monoisotopic (exact) mass is 143 g/mol. The van der Waals surface area contributed by atoms with Crippen molar-refractivity contribution in [3.05, 3.63) is 10.4 Å². The van der Waals surface area contributed by atoms with Gasteiger partial charge in [-0.15, -0.1) is 0 Å². The predicted molar refractivity (Wildman–Crippen MR) is 39.5 cm³/mol. The van der Waals surface area contributed by atoms with Gasteiger partial charge in [0.25, 0.3) is 0 Å². The van der Waals surface area contributed by atoms with E-state index in [0.29, 0.717) is 6.42 Å². The lowest BCUT2D eigenvalue weighted by Crippen LogP contribution is -2.04. The Hall–Kier alpha value is -0.730. The fourth-order valence-corrected chi connectivity index (χ4v) is 0.628. The summed E-state index contributed by atoms with van der Waals surface area (Å²) in [5.41, 5.74) is 8.00. The number of azide groups is 1. The van der Waals surface area contributed by atoms with E-state index in [0.717, 1.165) is 6.42 Å². The third kappa shape index (κ3) is 5.41. The Morgan fingerprint density at radius 2 is 2.10 bits per heavy atom. The van der Waals surface area contributed by atoms with Crippen molar-refractivity contribution in [3.8, 4) is 0 Å². The van der Waals surface area contributed by atoms with Gasteiger partial charge < -0.3 is 5.11 Å². The van der Waals surface area contributed by atoms with Crippen molar-refractivity contribution in [1.82, 2.24) is 0 Å². The van der Waals surface area contributed by atoms with Crippen LogP contribution in [-0.2, 0) is 0 Å². The van der Waals surface area contributed by atoms with Crippen LogP contribution in [0.25, 0.3) is 10.4 Å². The summed E-state index contributed by atoms with van der Waals surface area (Å²) in [7, 11) is 0. The molecule has 1 N–H and O–H groups in total. The molecule has 2 unspecified atom stereocenters. The molecule has 10 heavy (non-hydrogen) atoms. The molecule has 0 heterocycles. The third-order valence-corrected chi connectivity index (χ3v) is 1.25. The van der Waals surface area contributed by atoms with Crippen molar-refractivity contribution >= 4 is 0 Å². The van der Waals surface area contributed by atoms with Gasteiger partial charge in [-0.05, 0) is 25.3 Å². The average molecular weight is 143 g/mol. The molecule has 0 aromatic rings.